The Kier molecular flexibility index (Phi) is 7.16. The van der Waals surface area contributed by atoms with E-state index in [4.69, 9.17) is 0 Å². The molecule has 172 valence electrons. The number of benzene rings is 2. The Labute approximate surface area is 194 Å². The van der Waals surface area contributed by atoms with Crippen molar-refractivity contribution in [3.05, 3.63) is 71.4 Å². The van der Waals surface area contributed by atoms with E-state index in [1.165, 1.54) is 26.5 Å². The van der Waals surface area contributed by atoms with E-state index in [1.54, 1.807) is 23.1 Å². The molecule has 1 aromatic heterocycles. The summed E-state index contributed by atoms with van der Waals surface area (Å²) in [6, 6.07) is 15.0. The zero-order valence-electron chi connectivity index (χ0n) is 17.5. The quantitative estimate of drug-likeness (QED) is 0.469. The van der Waals surface area contributed by atoms with Crippen molar-refractivity contribution in [1.29, 1.82) is 0 Å². The Morgan fingerprint density at radius 1 is 1.06 bits per heavy atom. The molecule has 1 amide bonds. The molecule has 1 fully saturated rings. The molecule has 1 aliphatic rings. The Balaban J connectivity index is 1.31. The van der Waals surface area contributed by atoms with Gasteiger partial charge in [-0.15, -0.1) is 5.10 Å². The van der Waals surface area contributed by atoms with Gasteiger partial charge in [-0.05, 0) is 40.3 Å². The van der Waals surface area contributed by atoms with E-state index in [0.29, 0.717) is 23.9 Å². The van der Waals surface area contributed by atoms with Gasteiger partial charge in [0.25, 0.3) is 0 Å². The van der Waals surface area contributed by atoms with Crippen LogP contribution in [0.5, 0.6) is 0 Å². The number of piperazine rings is 1. The number of hydrogen-bond donors (Lipinski definition) is 0. The minimum Gasteiger partial charge on any atom is -0.339 e. The molecule has 0 N–H and O–H groups in total. The molecule has 0 aliphatic carbocycles. The highest BCUT2D eigenvalue weighted by molar-refractivity contribution is 7.99. The van der Waals surface area contributed by atoms with Crippen LogP contribution in [0.4, 0.5) is 4.39 Å². The first kappa shape index (κ1) is 23.1. The molecule has 0 atom stereocenters. The van der Waals surface area contributed by atoms with Gasteiger partial charge in [0.15, 0.2) is 0 Å². The molecule has 2 aromatic carbocycles. The summed E-state index contributed by atoms with van der Waals surface area (Å²) in [7, 11) is -3.57. The molecule has 1 aliphatic heterocycles. The predicted octanol–water partition coefficient (Wildman–Crippen LogP) is 2.04. The lowest BCUT2D eigenvalue weighted by Crippen LogP contribution is -2.50. The highest BCUT2D eigenvalue weighted by Gasteiger charge is 2.27. The van der Waals surface area contributed by atoms with Gasteiger partial charge in [-0.1, -0.05) is 48.2 Å². The van der Waals surface area contributed by atoms with Gasteiger partial charge in [-0.2, -0.15) is 8.99 Å². The van der Waals surface area contributed by atoms with E-state index in [2.05, 4.69) is 15.5 Å². The zero-order valence-corrected chi connectivity index (χ0v) is 19.1. The van der Waals surface area contributed by atoms with Crippen LogP contribution in [-0.2, 0) is 14.8 Å². The van der Waals surface area contributed by atoms with Crippen molar-refractivity contribution in [2.75, 3.05) is 31.9 Å². The normalized spacial score (nSPS) is 15.2. The largest absolute Gasteiger partial charge is 0.339 e. The Morgan fingerprint density at radius 2 is 1.82 bits per heavy atom. The number of tetrazole rings is 1. The molecule has 9 nitrogen and oxygen atoms in total. The van der Waals surface area contributed by atoms with Crippen molar-refractivity contribution >= 4 is 33.8 Å². The second-order valence-electron chi connectivity index (χ2n) is 7.18. The van der Waals surface area contributed by atoms with Crippen molar-refractivity contribution in [2.45, 2.75) is 5.16 Å². The molecule has 0 spiro atoms. The van der Waals surface area contributed by atoms with Crippen LogP contribution in [0.3, 0.4) is 0 Å². The van der Waals surface area contributed by atoms with Crippen LogP contribution in [0.25, 0.3) is 11.8 Å². The molecule has 3 aromatic rings. The van der Waals surface area contributed by atoms with E-state index in [0.717, 1.165) is 17.3 Å². The predicted molar refractivity (Wildman–Crippen MR) is 122 cm³/mol. The van der Waals surface area contributed by atoms with Crippen molar-refractivity contribution < 1.29 is 17.6 Å². The third-order valence-electron chi connectivity index (χ3n) is 5.00. The fourth-order valence-electron chi connectivity index (χ4n) is 3.26. The molecular weight excluding hydrogens is 467 g/mol. The molecule has 1 saturated heterocycles. The summed E-state index contributed by atoms with van der Waals surface area (Å²) in [5.41, 5.74) is 1.25. The topological polar surface area (TPSA) is 101 Å². The summed E-state index contributed by atoms with van der Waals surface area (Å²) in [6.45, 7) is 1.04. The second kappa shape index (κ2) is 10.2. The fourth-order valence-corrected chi connectivity index (χ4v) is 5.23. The molecule has 33 heavy (non-hydrogen) atoms. The lowest BCUT2D eigenvalue weighted by molar-refractivity contribution is -0.129. The molecule has 0 radical (unpaired) electrons. The maximum atomic E-state index is 13.5. The number of nitrogens with zero attached hydrogens (tertiary/aromatic N) is 6. The number of carbonyl (C=O) groups is 1. The second-order valence-corrected chi connectivity index (χ2v) is 9.94. The summed E-state index contributed by atoms with van der Waals surface area (Å²) in [5.74, 6) is -0.483. The van der Waals surface area contributed by atoms with Gasteiger partial charge >= 0.3 is 0 Å². The molecule has 12 heteroatoms. The minimum absolute atomic E-state index is 0.0797. The summed E-state index contributed by atoms with van der Waals surface area (Å²) in [4.78, 5) is 14.3. The number of rotatable bonds is 7. The average molecular weight is 489 g/mol. The first-order valence-electron chi connectivity index (χ1n) is 10.1. The highest BCUT2D eigenvalue weighted by atomic mass is 32.2. The monoisotopic (exact) mass is 488 g/mol. The average Bonchev–Trinajstić information content (AvgIpc) is 3.31. The molecule has 0 unspecified atom stereocenters. The standard InChI is InChI=1S/C21H21FN6O3S2/c22-18-7-4-8-19(15-18)28-21(23-24-25-28)32-16-20(29)26-10-12-27(13-11-26)33(30,31)14-9-17-5-2-1-3-6-17/h1-9,14-15H,10-13,16H2/b14-9+. The van der Waals surface area contributed by atoms with Gasteiger partial charge in [0.1, 0.15) is 5.82 Å². The first-order chi connectivity index (χ1) is 15.9. The summed E-state index contributed by atoms with van der Waals surface area (Å²) >= 11 is 1.14. The lowest BCUT2D eigenvalue weighted by Gasteiger charge is -2.33. The maximum Gasteiger partial charge on any atom is 0.236 e. The molecule has 4 rings (SSSR count). The van der Waals surface area contributed by atoms with Crippen LogP contribution in [0, 0.1) is 5.82 Å². The number of amides is 1. The van der Waals surface area contributed by atoms with Crippen molar-refractivity contribution in [3.63, 3.8) is 0 Å². The van der Waals surface area contributed by atoms with E-state index < -0.39 is 15.8 Å². The summed E-state index contributed by atoms with van der Waals surface area (Å²) < 4.78 is 41.4. The van der Waals surface area contributed by atoms with E-state index in [9.17, 15) is 17.6 Å². The van der Waals surface area contributed by atoms with E-state index in [1.807, 2.05) is 30.3 Å². The van der Waals surface area contributed by atoms with Gasteiger partial charge in [0, 0.05) is 31.6 Å². The van der Waals surface area contributed by atoms with Gasteiger partial charge in [-0.25, -0.2) is 12.8 Å². The van der Waals surface area contributed by atoms with Gasteiger partial charge in [0.2, 0.25) is 21.1 Å². The zero-order chi connectivity index (χ0) is 23.3. The highest BCUT2D eigenvalue weighted by Crippen LogP contribution is 2.20. The fraction of sp³-hybridized carbons (Fsp3) is 0.238. The molecular formula is C21H21FN6O3S2. The minimum atomic E-state index is -3.57. The number of halogens is 1. The third kappa shape index (κ3) is 5.83. The van der Waals surface area contributed by atoms with Crippen molar-refractivity contribution in [2.24, 2.45) is 0 Å². The summed E-state index contributed by atoms with van der Waals surface area (Å²) in [5, 5.41) is 12.9. The van der Waals surface area contributed by atoms with Crippen LogP contribution in [0.15, 0.2) is 65.2 Å². The Bertz CT molecular complexity index is 1240. The van der Waals surface area contributed by atoms with Gasteiger partial charge in [0.05, 0.1) is 11.4 Å². The van der Waals surface area contributed by atoms with Crippen LogP contribution < -0.4 is 0 Å². The lowest BCUT2D eigenvalue weighted by atomic mass is 10.2. The number of aromatic nitrogens is 4. The molecule has 0 bridgehead atoms. The maximum absolute atomic E-state index is 13.5. The van der Waals surface area contributed by atoms with Crippen LogP contribution in [-0.4, -0.2) is 75.7 Å². The van der Waals surface area contributed by atoms with Crippen LogP contribution in [0.1, 0.15) is 5.56 Å². The van der Waals surface area contributed by atoms with Gasteiger partial charge < -0.3 is 4.90 Å². The smallest absolute Gasteiger partial charge is 0.236 e. The SMILES string of the molecule is O=C(CSc1nnnn1-c1cccc(F)c1)N1CCN(S(=O)(=O)/C=C/c2ccccc2)CC1. The summed E-state index contributed by atoms with van der Waals surface area (Å²) in [6.07, 6.45) is 1.56. The first-order valence-corrected chi connectivity index (χ1v) is 12.6. The van der Waals surface area contributed by atoms with Crippen LogP contribution >= 0.6 is 11.8 Å². The van der Waals surface area contributed by atoms with Crippen molar-refractivity contribution in [1.82, 2.24) is 29.4 Å². The van der Waals surface area contributed by atoms with Crippen LogP contribution in [0.2, 0.25) is 0 Å². The Morgan fingerprint density at radius 3 is 2.55 bits per heavy atom. The molecule has 0 saturated carbocycles. The third-order valence-corrected chi connectivity index (χ3v) is 7.47. The number of carbonyl (C=O) groups excluding carboxylic acids is 1. The Hall–Kier alpha value is -3.09. The van der Waals surface area contributed by atoms with E-state index >= 15 is 0 Å². The van der Waals surface area contributed by atoms with Crippen molar-refractivity contribution in [3.8, 4) is 5.69 Å². The van der Waals surface area contributed by atoms with E-state index in [-0.39, 0.29) is 24.7 Å². The molecule has 2 heterocycles. The number of sulfonamides is 1. The van der Waals surface area contributed by atoms with Gasteiger partial charge in [-0.3, -0.25) is 4.79 Å². The number of hydrogen-bond acceptors (Lipinski definition) is 7. The number of thioether (sulfide) groups is 1.